The molecule has 0 aliphatic rings. The summed E-state index contributed by atoms with van der Waals surface area (Å²) in [5.74, 6) is 1.18. The molecule has 0 saturated heterocycles. The molecular formula is C14H17N3O3. The molecule has 1 aromatic heterocycles. The number of hydrogen-bond donors (Lipinski definition) is 2. The molecule has 0 bridgehead atoms. The molecule has 1 heterocycles. The number of benzene rings is 1. The van der Waals surface area contributed by atoms with Crippen molar-refractivity contribution in [3.05, 3.63) is 40.4 Å². The van der Waals surface area contributed by atoms with Gasteiger partial charge in [-0.15, -0.1) is 0 Å². The van der Waals surface area contributed by atoms with Gasteiger partial charge in [0.25, 0.3) is 5.56 Å². The van der Waals surface area contributed by atoms with E-state index in [4.69, 9.17) is 15.2 Å². The SMILES string of the molecule is COCCc1nc(-c2ccc(OC)c(N)c2)cc(=O)[nH]1. The summed E-state index contributed by atoms with van der Waals surface area (Å²) in [6, 6.07) is 6.75. The van der Waals surface area contributed by atoms with E-state index < -0.39 is 0 Å². The summed E-state index contributed by atoms with van der Waals surface area (Å²) in [5, 5.41) is 0. The van der Waals surface area contributed by atoms with Crippen molar-refractivity contribution in [2.75, 3.05) is 26.6 Å². The highest BCUT2D eigenvalue weighted by atomic mass is 16.5. The molecule has 0 unspecified atom stereocenters. The number of aromatic amines is 1. The lowest BCUT2D eigenvalue weighted by Crippen LogP contribution is -2.12. The van der Waals surface area contributed by atoms with Crippen LogP contribution >= 0.6 is 0 Å². The van der Waals surface area contributed by atoms with Crippen LogP contribution in [-0.2, 0) is 11.2 Å². The molecular weight excluding hydrogens is 258 g/mol. The zero-order chi connectivity index (χ0) is 14.5. The fraction of sp³-hybridized carbons (Fsp3) is 0.286. The second-order valence-electron chi connectivity index (χ2n) is 4.28. The van der Waals surface area contributed by atoms with Crippen LogP contribution in [-0.4, -0.2) is 30.8 Å². The summed E-state index contributed by atoms with van der Waals surface area (Å²) in [6.45, 7) is 0.497. The number of nitrogens with zero attached hydrogens (tertiary/aromatic N) is 1. The monoisotopic (exact) mass is 275 g/mol. The van der Waals surface area contributed by atoms with Gasteiger partial charge in [-0.3, -0.25) is 4.79 Å². The van der Waals surface area contributed by atoms with Crippen molar-refractivity contribution in [1.82, 2.24) is 9.97 Å². The van der Waals surface area contributed by atoms with Gasteiger partial charge in [0.1, 0.15) is 11.6 Å². The summed E-state index contributed by atoms with van der Waals surface area (Å²) in [4.78, 5) is 18.8. The maximum atomic E-state index is 11.7. The minimum Gasteiger partial charge on any atom is -0.495 e. The molecule has 3 N–H and O–H groups in total. The third kappa shape index (κ3) is 3.16. The first kappa shape index (κ1) is 14.1. The summed E-state index contributed by atoms with van der Waals surface area (Å²) in [7, 11) is 3.16. The molecule has 0 aliphatic heterocycles. The molecule has 0 aliphatic carbocycles. The average Bonchev–Trinajstić information content (AvgIpc) is 2.44. The van der Waals surface area contributed by atoms with E-state index in [0.29, 0.717) is 36.0 Å². The molecule has 6 nitrogen and oxygen atoms in total. The number of nitrogen functional groups attached to an aromatic ring is 1. The quantitative estimate of drug-likeness (QED) is 0.801. The Morgan fingerprint density at radius 1 is 1.30 bits per heavy atom. The van der Waals surface area contributed by atoms with Crippen molar-refractivity contribution in [2.45, 2.75) is 6.42 Å². The highest BCUT2D eigenvalue weighted by Gasteiger charge is 2.07. The van der Waals surface area contributed by atoms with Crippen LogP contribution in [0.1, 0.15) is 5.82 Å². The fourth-order valence-corrected chi connectivity index (χ4v) is 1.87. The van der Waals surface area contributed by atoms with E-state index in [0.717, 1.165) is 5.56 Å². The number of ether oxygens (including phenoxy) is 2. The van der Waals surface area contributed by atoms with Gasteiger partial charge in [0.2, 0.25) is 0 Å². The van der Waals surface area contributed by atoms with E-state index in [-0.39, 0.29) is 5.56 Å². The highest BCUT2D eigenvalue weighted by molar-refractivity contribution is 5.68. The Kier molecular flexibility index (Phi) is 4.37. The lowest BCUT2D eigenvalue weighted by Gasteiger charge is -2.08. The summed E-state index contributed by atoms with van der Waals surface area (Å²) < 4.78 is 10.1. The van der Waals surface area contributed by atoms with E-state index in [2.05, 4.69) is 9.97 Å². The first-order valence-corrected chi connectivity index (χ1v) is 6.17. The van der Waals surface area contributed by atoms with Gasteiger partial charge in [-0.25, -0.2) is 4.98 Å². The minimum absolute atomic E-state index is 0.199. The number of hydrogen-bond acceptors (Lipinski definition) is 5. The molecule has 0 spiro atoms. The van der Waals surface area contributed by atoms with Gasteiger partial charge in [0, 0.05) is 25.2 Å². The molecule has 6 heteroatoms. The number of nitrogens with one attached hydrogen (secondary N) is 1. The van der Waals surface area contributed by atoms with E-state index in [1.807, 2.05) is 6.07 Å². The van der Waals surface area contributed by atoms with Gasteiger partial charge in [0.15, 0.2) is 0 Å². The number of aromatic nitrogens is 2. The molecule has 0 amide bonds. The van der Waals surface area contributed by atoms with Crippen LogP contribution < -0.4 is 16.0 Å². The van der Waals surface area contributed by atoms with Crippen molar-refractivity contribution in [1.29, 1.82) is 0 Å². The minimum atomic E-state index is -0.199. The van der Waals surface area contributed by atoms with Gasteiger partial charge in [-0.05, 0) is 18.2 Å². The van der Waals surface area contributed by atoms with E-state index >= 15 is 0 Å². The Labute approximate surface area is 116 Å². The third-order valence-corrected chi connectivity index (χ3v) is 2.86. The predicted octanol–water partition coefficient (Wildman–Crippen LogP) is 1.22. The Hall–Kier alpha value is -2.34. The predicted molar refractivity (Wildman–Crippen MR) is 76.8 cm³/mol. The maximum absolute atomic E-state index is 11.7. The molecule has 20 heavy (non-hydrogen) atoms. The van der Waals surface area contributed by atoms with Crippen molar-refractivity contribution < 1.29 is 9.47 Å². The van der Waals surface area contributed by atoms with Gasteiger partial charge < -0.3 is 20.2 Å². The number of rotatable bonds is 5. The van der Waals surface area contributed by atoms with Crippen molar-refractivity contribution in [3.8, 4) is 17.0 Å². The van der Waals surface area contributed by atoms with Gasteiger partial charge in [0.05, 0.1) is 25.1 Å². The van der Waals surface area contributed by atoms with Gasteiger partial charge >= 0.3 is 0 Å². The Morgan fingerprint density at radius 3 is 2.75 bits per heavy atom. The zero-order valence-corrected chi connectivity index (χ0v) is 11.5. The molecule has 1 aromatic carbocycles. The smallest absolute Gasteiger partial charge is 0.251 e. The first-order valence-electron chi connectivity index (χ1n) is 6.17. The fourth-order valence-electron chi connectivity index (χ4n) is 1.87. The molecule has 0 saturated carbocycles. The normalized spacial score (nSPS) is 10.5. The highest BCUT2D eigenvalue weighted by Crippen LogP contribution is 2.26. The molecule has 2 rings (SSSR count). The number of anilines is 1. The lowest BCUT2D eigenvalue weighted by molar-refractivity contribution is 0.200. The van der Waals surface area contributed by atoms with E-state index in [9.17, 15) is 4.79 Å². The van der Waals surface area contributed by atoms with Gasteiger partial charge in [-0.2, -0.15) is 0 Å². The average molecular weight is 275 g/mol. The Balaban J connectivity index is 2.39. The third-order valence-electron chi connectivity index (χ3n) is 2.86. The van der Waals surface area contributed by atoms with Crippen LogP contribution in [0.4, 0.5) is 5.69 Å². The van der Waals surface area contributed by atoms with Crippen LogP contribution in [0.15, 0.2) is 29.1 Å². The second kappa shape index (κ2) is 6.21. The zero-order valence-electron chi connectivity index (χ0n) is 11.5. The topological polar surface area (TPSA) is 90.2 Å². The number of H-pyrrole nitrogens is 1. The summed E-state index contributed by atoms with van der Waals surface area (Å²) in [6.07, 6.45) is 0.547. The second-order valence-corrected chi connectivity index (χ2v) is 4.28. The standard InChI is InChI=1S/C14H17N3O3/c1-19-6-5-13-16-11(8-14(18)17-13)9-3-4-12(20-2)10(15)7-9/h3-4,7-8H,5-6,15H2,1-2H3,(H,16,17,18). The lowest BCUT2D eigenvalue weighted by atomic mass is 10.1. The molecule has 106 valence electrons. The van der Waals surface area contributed by atoms with E-state index in [1.54, 1.807) is 26.4 Å². The molecule has 0 atom stereocenters. The van der Waals surface area contributed by atoms with Crippen LogP contribution in [0.2, 0.25) is 0 Å². The number of methoxy groups -OCH3 is 2. The Morgan fingerprint density at radius 2 is 2.10 bits per heavy atom. The van der Waals surface area contributed by atoms with Crippen LogP contribution in [0.3, 0.4) is 0 Å². The first-order chi connectivity index (χ1) is 9.63. The van der Waals surface area contributed by atoms with Gasteiger partial charge in [-0.1, -0.05) is 0 Å². The van der Waals surface area contributed by atoms with Crippen LogP contribution in [0.5, 0.6) is 5.75 Å². The maximum Gasteiger partial charge on any atom is 0.251 e. The summed E-state index contributed by atoms with van der Waals surface area (Å²) >= 11 is 0. The molecule has 0 radical (unpaired) electrons. The van der Waals surface area contributed by atoms with Crippen molar-refractivity contribution >= 4 is 5.69 Å². The Bertz CT molecular complexity index is 652. The van der Waals surface area contributed by atoms with Crippen LogP contribution in [0.25, 0.3) is 11.3 Å². The largest absolute Gasteiger partial charge is 0.495 e. The molecule has 2 aromatic rings. The van der Waals surface area contributed by atoms with Crippen LogP contribution in [0, 0.1) is 0 Å². The molecule has 0 fully saturated rings. The van der Waals surface area contributed by atoms with Crippen molar-refractivity contribution in [2.24, 2.45) is 0 Å². The summed E-state index contributed by atoms with van der Waals surface area (Å²) in [5.41, 5.74) is 7.52. The van der Waals surface area contributed by atoms with E-state index in [1.165, 1.54) is 6.07 Å². The van der Waals surface area contributed by atoms with Crippen molar-refractivity contribution in [3.63, 3.8) is 0 Å². The number of nitrogens with two attached hydrogens (primary N) is 1.